The number of carboxylic acid groups (broad SMARTS) is 1. The van der Waals surface area contributed by atoms with Gasteiger partial charge in [0.25, 0.3) is 5.91 Å². The summed E-state index contributed by atoms with van der Waals surface area (Å²) in [7, 11) is 0. The minimum absolute atomic E-state index is 0.0908. The lowest BCUT2D eigenvalue weighted by molar-refractivity contribution is -0.139. The standard InChI is InChI=1S/C17H16Cl2N2O3/c1-10-4-2-5-11(8-10)9-14(17(23)24)20-21-16(22)15-12(18)6-3-7-13(15)19/h2-8,14,20H,9H2,1H3,(H,21,22)(H,23,24)/t14-/m0/s1. The van der Waals surface area contributed by atoms with E-state index in [-0.39, 0.29) is 22.0 Å². The molecule has 0 saturated heterocycles. The number of aryl methyl sites for hydroxylation is 1. The highest BCUT2D eigenvalue weighted by Gasteiger charge is 2.20. The molecule has 0 bridgehead atoms. The number of aliphatic carboxylic acids is 1. The number of nitrogens with one attached hydrogen (secondary N) is 2. The molecule has 0 fully saturated rings. The van der Waals surface area contributed by atoms with Gasteiger partial charge in [0.15, 0.2) is 0 Å². The van der Waals surface area contributed by atoms with Crippen LogP contribution >= 0.6 is 23.2 Å². The van der Waals surface area contributed by atoms with Gasteiger partial charge in [0, 0.05) is 6.42 Å². The Balaban J connectivity index is 2.06. The van der Waals surface area contributed by atoms with E-state index in [1.807, 2.05) is 31.2 Å². The first kappa shape index (κ1) is 18.3. The number of amides is 1. The fourth-order valence-electron chi connectivity index (χ4n) is 2.20. The summed E-state index contributed by atoms with van der Waals surface area (Å²) < 4.78 is 0. The Morgan fingerprint density at radius 1 is 1.12 bits per heavy atom. The van der Waals surface area contributed by atoms with Crippen LogP contribution in [0.2, 0.25) is 10.0 Å². The summed E-state index contributed by atoms with van der Waals surface area (Å²) in [5.74, 6) is -1.68. The van der Waals surface area contributed by atoms with E-state index in [0.717, 1.165) is 11.1 Å². The lowest BCUT2D eigenvalue weighted by Gasteiger charge is -2.16. The quantitative estimate of drug-likeness (QED) is 0.685. The van der Waals surface area contributed by atoms with Gasteiger partial charge in [0.2, 0.25) is 0 Å². The molecule has 0 aromatic heterocycles. The van der Waals surface area contributed by atoms with Gasteiger partial charge in [-0.2, -0.15) is 0 Å². The van der Waals surface area contributed by atoms with Crippen molar-refractivity contribution < 1.29 is 14.7 Å². The van der Waals surface area contributed by atoms with Crippen molar-refractivity contribution in [1.82, 2.24) is 10.9 Å². The fraction of sp³-hybridized carbons (Fsp3) is 0.176. The van der Waals surface area contributed by atoms with Crippen molar-refractivity contribution in [3.8, 4) is 0 Å². The molecule has 2 rings (SSSR count). The summed E-state index contributed by atoms with van der Waals surface area (Å²) in [6, 6.07) is 11.2. The summed E-state index contributed by atoms with van der Waals surface area (Å²) in [5.41, 5.74) is 6.85. The van der Waals surface area contributed by atoms with Gasteiger partial charge < -0.3 is 5.11 Å². The molecule has 0 heterocycles. The summed E-state index contributed by atoms with van der Waals surface area (Å²) in [4.78, 5) is 23.6. The first-order valence-corrected chi connectivity index (χ1v) is 7.92. The van der Waals surface area contributed by atoms with E-state index in [4.69, 9.17) is 23.2 Å². The van der Waals surface area contributed by atoms with Crippen LogP contribution in [-0.4, -0.2) is 23.0 Å². The van der Waals surface area contributed by atoms with Gasteiger partial charge in [-0.15, -0.1) is 0 Å². The highest BCUT2D eigenvalue weighted by atomic mass is 35.5. The van der Waals surface area contributed by atoms with Gasteiger partial charge in [-0.1, -0.05) is 59.1 Å². The molecule has 0 aliphatic rings. The average Bonchev–Trinajstić information content (AvgIpc) is 2.51. The predicted molar refractivity (Wildman–Crippen MR) is 93.4 cm³/mol. The van der Waals surface area contributed by atoms with Crippen molar-refractivity contribution in [3.05, 3.63) is 69.2 Å². The molecule has 0 unspecified atom stereocenters. The molecule has 0 aliphatic heterocycles. The smallest absolute Gasteiger partial charge is 0.322 e. The number of hydrazine groups is 1. The molecule has 24 heavy (non-hydrogen) atoms. The monoisotopic (exact) mass is 366 g/mol. The van der Waals surface area contributed by atoms with Crippen molar-refractivity contribution in [2.75, 3.05) is 0 Å². The summed E-state index contributed by atoms with van der Waals surface area (Å²) in [6.07, 6.45) is 0.216. The molecule has 5 nitrogen and oxygen atoms in total. The van der Waals surface area contributed by atoms with E-state index in [1.54, 1.807) is 6.07 Å². The van der Waals surface area contributed by atoms with Gasteiger partial charge in [0.05, 0.1) is 15.6 Å². The van der Waals surface area contributed by atoms with Gasteiger partial charge in [0.1, 0.15) is 6.04 Å². The Labute approximate surface area is 149 Å². The largest absolute Gasteiger partial charge is 0.480 e. The highest BCUT2D eigenvalue weighted by molar-refractivity contribution is 6.39. The van der Waals surface area contributed by atoms with Gasteiger partial charge in [-0.25, -0.2) is 5.43 Å². The molecule has 2 aromatic rings. The van der Waals surface area contributed by atoms with Crippen molar-refractivity contribution >= 4 is 35.1 Å². The lowest BCUT2D eigenvalue weighted by atomic mass is 10.0. The van der Waals surface area contributed by atoms with Crippen LogP contribution in [0, 0.1) is 6.92 Å². The van der Waals surface area contributed by atoms with E-state index < -0.39 is 17.9 Å². The fourth-order valence-corrected chi connectivity index (χ4v) is 2.77. The number of carbonyl (C=O) groups excluding carboxylic acids is 1. The van der Waals surface area contributed by atoms with E-state index in [9.17, 15) is 14.7 Å². The van der Waals surface area contributed by atoms with E-state index in [1.165, 1.54) is 12.1 Å². The number of hydrogen-bond acceptors (Lipinski definition) is 3. The van der Waals surface area contributed by atoms with Crippen LogP contribution in [0.5, 0.6) is 0 Å². The van der Waals surface area contributed by atoms with Crippen LogP contribution in [0.15, 0.2) is 42.5 Å². The third-order valence-electron chi connectivity index (χ3n) is 3.37. The van der Waals surface area contributed by atoms with E-state index in [0.29, 0.717) is 0 Å². The van der Waals surface area contributed by atoms with Crippen molar-refractivity contribution in [3.63, 3.8) is 0 Å². The molecular formula is C17H16Cl2N2O3. The van der Waals surface area contributed by atoms with E-state index in [2.05, 4.69) is 10.9 Å². The maximum absolute atomic E-state index is 12.2. The lowest BCUT2D eigenvalue weighted by Crippen LogP contribution is -2.49. The number of rotatable bonds is 6. The Kier molecular flexibility index (Phi) is 6.20. The van der Waals surface area contributed by atoms with Gasteiger partial charge >= 0.3 is 5.97 Å². The minimum Gasteiger partial charge on any atom is -0.480 e. The summed E-state index contributed by atoms with van der Waals surface area (Å²) >= 11 is 11.9. The topological polar surface area (TPSA) is 78.4 Å². The third kappa shape index (κ3) is 4.71. The Hall–Kier alpha value is -2.08. The van der Waals surface area contributed by atoms with E-state index >= 15 is 0 Å². The summed E-state index contributed by atoms with van der Waals surface area (Å²) in [5, 5.41) is 9.71. The van der Waals surface area contributed by atoms with Gasteiger partial charge in [-0.05, 0) is 24.6 Å². The minimum atomic E-state index is -1.08. The Morgan fingerprint density at radius 2 is 1.75 bits per heavy atom. The maximum Gasteiger partial charge on any atom is 0.322 e. The number of hydrogen-bond donors (Lipinski definition) is 3. The van der Waals surface area contributed by atoms with Crippen molar-refractivity contribution in [1.29, 1.82) is 0 Å². The predicted octanol–water partition coefficient (Wildman–Crippen LogP) is 3.23. The molecule has 3 N–H and O–H groups in total. The molecule has 7 heteroatoms. The Bertz CT molecular complexity index is 745. The molecule has 0 aliphatic carbocycles. The summed E-state index contributed by atoms with van der Waals surface area (Å²) in [6.45, 7) is 1.92. The molecule has 1 amide bonds. The average molecular weight is 367 g/mol. The second-order valence-corrected chi connectivity index (χ2v) is 6.09. The first-order chi connectivity index (χ1) is 11.4. The number of carbonyl (C=O) groups is 2. The molecule has 0 spiro atoms. The Morgan fingerprint density at radius 3 is 2.33 bits per heavy atom. The molecule has 0 saturated carbocycles. The molecule has 126 valence electrons. The van der Waals surface area contributed by atoms with Crippen LogP contribution in [0.3, 0.4) is 0 Å². The first-order valence-electron chi connectivity index (χ1n) is 7.16. The van der Waals surface area contributed by atoms with Crippen molar-refractivity contribution in [2.45, 2.75) is 19.4 Å². The van der Waals surface area contributed by atoms with Gasteiger partial charge in [-0.3, -0.25) is 15.0 Å². The third-order valence-corrected chi connectivity index (χ3v) is 4.00. The molecule has 0 radical (unpaired) electrons. The molecular weight excluding hydrogens is 351 g/mol. The molecule has 2 aromatic carbocycles. The number of benzene rings is 2. The molecule has 1 atom stereocenters. The van der Waals surface area contributed by atoms with Crippen LogP contribution in [-0.2, 0) is 11.2 Å². The zero-order valence-electron chi connectivity index (χ0n) is 12.8. The van der Waals surface area contributed by atoms with Crippen LogP contribution in [0.25, 0.3) is 0 Å². The zero-order chi connectivity index (χ0) is 17.7. The zero-order valence-corrected chi connectivity index (χ0v) is 14.4. The number of carboxylic acids is 1. The SMILES string of the molecule is Cc1cccc(C[C@H](NNC(=O)c2c(Cl)cccc2Cl)C(=O)O)c1. The highest BCUT2D eigenvalue weighted by Crippen LogP contribution is 2.23. The second kappa shape index (κ2) is 8.15. The van der Waals surface area contributed by atoms with Crippen LogP contribution in [0.1, 0.15) is 21.5 Å². The normalized spacial score (nSPS) is 11.8. The van der Waals surface area contributed by atoms with Crippen LogP contribution in [0.4, 0.5) is 0 Å². The maximum atomic E-state index is 12.2. The second-order valence-electron chi connectivity index (χ2n) is 5.28. The van der Waals surface area contributed by atoms with Crippen LogP contribution < -0.4 is 10.9 Å². The van der Waals surface area contributed by atoms with Crippen molar-refractivity contribution in [2.24, 2.45) is 0 Å². The number of halogens is 2.